The van der Waals surface area contributed by atoms with Gasteiger partial charge in [-0.3, -0.25) is 4.98 Å². The molecule has 1 saturated heterocycles. The number of hydrogen-bond acceptors (Lipinski definition) is 5. The predicted molar refractivity (Wildman–Crippen MR) is 76.4 cm³/mol. The summed E-state index contributed by atoms with van der Waals surface area (Å²) in [6, 6.07) is 0.314. The molecule has 0 aliphatic carbocycles. The van der Waals surface area contributed by atoms with Crippen LogP contribution >= 0.6 is 0 Å². The molecule has 1 aliphatic heterocycles. The van der Waals surface area contributed by atoms with E-state index < -0.39 is 0 Å². The van der Waals surface area contributed by atoms with Crippen LogP contribution in [-0.4, -0.2) is 35.7 Å². The minimum atomic E-state index is 0.314. The lowest BCUT2D eigenvalue weighted by atomic mass is 9.91. The average molecular weight is 264 g/mol. The highest BCUT2D eigenvalue weighted by atomic mass is 16.5. The number of rotatable bonds is 5. The summed E-state index contributed by atoms with van der Waals surface area (Å²) in [5.41, 5.74) is 6.14. The summed E-state index contributed by atoms with van der Waals surface area (Å²) < 4.78 is 5.54. The van der Waals surface area contributed by atoms with Crippen molar-refractivity contribution in [2.75, 3.05) is 24.6 Å². The van der Waals surface area contributed by atoms with Crippen molar-refractivity contribution in [3.8, 4) is 5.88 Å². The van der Waals surface area contributed by atoms with Gasteiger partial charge in [0.25, 0.3) is 0 Å². The number of piperidine rings is 1. The number of anilines is 1. The summed E-state index contributed by atoms with van der Waals surface area (Å²) >= 11 is 0. The zero-order chi connectivity index (χ0) is 13.7. The normalized spacial score (nSPS) is 23.4. The van der Waals surface area contributed by atoms with E-state index in [1.165, 1.54) is 0 Å². The molecule has 5 heteroatoms. The number of hydrogen-bond donors (Lipinski definition) is 1. The molecule has 2 heterocycles. The van der Waals surface area contributed by atoms with Crippen molar-refractivity contribution in [3.05, 3.63) is 12.4 Å². The van der Waals surface area contributed by atoms with Gasteiger partial charge in [0.2, 0.25) is 5.88 Å². The fraction of sp³-hybridized carbons (Fsp3) is 0.714. The second-order valence-electron chi connectivity index (χ2n) is 5.13. The van der Waals surface area contributed by atoms with Crippen molar-refractivity contribution in [2.24, 2.45) is 11.7 Å². The Kier molecular flexibility index (Phi) is 4.96. The molecule has 5 nitrogen and oxygen atoms in total. The van der Waals surface area contributed by atoms with E-state index in [4.69, 9.17) is 10.5 Å². The SMILES string of the molecule is CCCOc1cncc(N2CCC(N)C(CC)C2)n1. The summed E-state index contributed by atoms with van der Waals surface area (Å²) in [5.74, 6) is 2.05. The van der Waals surface area contributed by atoms with Gasteiger partial charge in [-0.1, -0.05) is 20.3 Å². The summed E-state index contributed by atoms with van der Waals surface area (Å²) in [5, 5.41) is 0. The van der Waals surface area contributed by atoms with Gasteiger partial charge in [0.1, 0.15) is 0 Å². The van der Waals surface area contributed by atoms with Crippen molar-refractivity contribution in [3.63, 3.8) is 0 Å². The first-order valence-electron chi connectivity index (χ1n) is 7.20. The van der Waals surface area contributed by atoms with E-state index in [0.29, 0.717) is 24.4 Å². The minimum absolute atomic E-state index is 0.314. The fourth-order valence-corrected chi connectivity index (χ4v) is 2.46. The van der Waals surface area contributed by atoms with E-state index in [-0.39, 0.29) is 0 Å². The van der Waals surface area contributed by atoms with Crippen molar-refractivity contribution >= 4 is 5.82 Å². The third-order valence-corrected chi connectivity index (χ3v) is 3.69. The Morgan fingerprint density at radius 3 is 3.00 bits per heavy atom. The Balaban J connectivity index is 2.04. The molecule has 2 N–H and O–H groups in total. The van der Waals surface area contributed by atoms with Crippen LogP contribution in [0.2, 0.25) is 0 Å². The maximum atomic E-state index is 6.14. The lowest BCUT2D eigenvalue weighted by molar-refractivity contribution is 0.302. The molecular formula is C14H24N4O. The first-order valence-corrected chi connectivity index (χ1v) is 7.20. The Morgan fingerprint density at radius 2 is 2.26 bits per heavy atom. The van der Waals surface area contributed by atoms with Crippen LogP contribution in [-0.2, 0) is 0 Å². The Bertz CT molecular complexity index is 399. The minimum Gasteiger partial charge on any atom is -0.477 e. The van der Waals surface area contributed by atoms with Gasteiger partial charge in [0.05, 0.1) is 19.0 Å². The molecule has 0 spiro atoms. The monoisotopic (exact) mass is 264 g/mol. The van der Waals surface area contributed by atoms with E-state index in [0.717, 1.165) is 38.2 Å². The molecule has 0 radical (unpaired) electrons. The quantitative estimate of drug-likeness (QED) is 0.879. The van der Waals surface area contributed by atoms with Crippen LogP contribution in [0.25, 0.3) is 0 Å². The number of aromatic nitrogens is 2. The van der Waals surface area contributed by atoms with Gasteiger partial charge < -0.3 is 15.4 Å². The first-order chi connectivity index (χ1) is 9.24. The molecule has 1 aromatic heterocycles. The molecule has 2 unspecified atom stereocenters. The van der Waals surface area contributed by atoms with Crippen LogP contribution in [0.1, 0.15) is 33.1 Å². The molecule has 0 saturated carbocycles. The summed E-state index contributed by atoms with van der Waals surface area (Å²) in [6.07, 6.45) is 6.58. The molecule has 0 aromatic carbocycles. The van der Waals surface area contributed by atoms with Crippen LogP contribution in [0.4, 0.5) is 5.82 Å². The van der Waals surface area contributed by atoms with Gasteiger partial charge >= 0.3 is 0 Å². The van der Waals surface area contributed by atoms with Crippen molar-refractivity contribution < 1.29 is 4.74 Å². The summed E-state index contributed by atoms with van der Waals surface area (Å²) in [4.78, 5) is 11.0. The maximum Gasteiger partial charge on any atom is 0.234 e. The molecule has 19 heavy (non-hydrogen) atoms. The molecule has 1 aromatic rings. The van der Waals surface area contributed by atoms with Gasteiger partial charge in [-0.05, 0) is 18.8 Å². The molecule has 0 bridgehead atoms. The van der Waals surface area contributed by atoms with Crippen LogP contribution in [0.15, 0.2) is 12.4 Å². The van der Waals surface area contributed by atoms with Crippen molar-refractivity contribution in [1.29, 1.82) is 0 Å². The van der Waals surface area contributed by atoms with E-state index in [1.807, 2.05) is 6.20 Å². The van der Waals surface area contributed by atoms with Gasteiger partial charge in [0, 0.05) is 19.1 Å². The van der Waals surface area contributed by atoms with E-state index in [9.17, 15) is 0 Å². The van der Waals surface area contributed by atoms with E-state index >= 15 is 0 Å². The second kappa shape index (κ2) is 6.70. The molecule has 106 valence electrons. The molecule has 1 fully saturated rings. The zero-order valence-corrected chi connectivity index (χ0v) is 11.9. The van der Waals surface area contributed by atoms with Gasteiger partial charge in [-0.15, -0.1) is 0 Å². The summed E-state index contributed by atoms with van der Waals surface area (Å²) in [7, 11) is 0. The Morgan fingerprint density at radius 1 is 1.42 bits per heavy atom. The van der Waals surface area contributed by atoms with Crippen LogP contribution in [0.3, 0.4) is 0 Å². The van der Waals surface area contributed by atoms with Crippen LogP contribution in [0, 0.1) is 5.92 Å². The lowest BCUT2D eigenvalue weighted by Gasteiger charge is -2.37. The maximum absolute atomic E-state index is 6.14. The molecular weight excluding hydrogens is 240 g/mol. The predicted octanol–water partition coefficient (Wildman–Crippen LogP) is 1.83. The highest BCUT2D eigenvalue weighted by Crippen LogP contribution is 2.23. The fourth-order valence-electron chi connectivity index (χ4n) is 2.46. The third kappa shape index (κ3) is 3.56. The molecule has 2 rings (SSSR count). The molecule has 1 aliphatic rings. The first kappa shape index (κ1) is 14.1. The summed E-state index contributed by atoms with van der Waals surface area (Å²) in [6.45, 7) is 6.86. The van der Waals surface area contributed by atoms with E-state index in [1.54, 1.807) is 6.20 Å². The van der Waals surface area contributed by atoms with Gasteiger partial charge in [-0.25, -0.2) is 0 Å². The largest absolute Gasteiger partial charge is 0.477 e. The topological polar surface area (TPSA) is 64.3 Å². The number of ether oxygens (including phenoxy) is 1. The van der Waals surface area contributed by atoms with Crippen LogP contribution < -0.4 is 15.4 Å². The highest BCUT2D eigenvalue weighted by molar-refractivity contribution is 5.38. The van der Waals surface area contributed by atoms with E-state index in [2.05, 4.69) is 28.7 Å². The standard InChI is InChI=1S/C14H24N4O/c1-3-7-19-14-9-16-8-13(17-14)18-6-5-12(15)11(4-2)10-18/h8-9,11-12H,3-7,10,15H2,1-2H3. The number of nitrogens with zero attached hydrogens (tertiary/aromatic N) is 3. The molecule has 0 amide bonds. The highest BCUT2D eigenvalue weighted by Gasteiger charge is 2.26. The van der Waals surface area contributed by atoms with Crippen molar-refractivity contribution in [1.82, 2.24) is 9.97 Å². The third-order valence-electron chi connectivity index (χ3n) is 3.69. The van der Waals surface area contributed by atoms with Gasteiger partial charge in [0.15, 0.2) is 5.82 Å². The molecule has 2 atom stereocenters. The smallest absolute Gasteiger partial charge is 0.234 e. The van der Waals surface area contributed by atoms with Gasteiger partial charge in [-0.2, -0.15) is 4.98 Å². The van der Waals surface area contributed by atoms with Crippen LogP contribution in [0.5, 0.6) is 5.88 Å². The van der Waals surface area contributed by atoms with Crippen molar-refractivity contribution in [2.45, 2.75) is 39.2 Å². The second-order valence-corrected chi connectivity index (χ2v) is 5.13. The average Bonchev–Trinajstić information content (AvgIpc) is 2.46. The Labute approximate surface area is 115 Å². The zero-order valence-electron chi connectivity index (χ0n) is 11.9. The lowest BCUT2D eigenvalue weighted by Crippen LogP contribution is -2.47. The Hall–Kier alpha value is -1.36. The number of nitrogens with two attached hydrogens (primary N) is 1.